The molecule has 0 amide bonds. The molecule has 2 aliphatic rings. The Bertz CT molecular complexity index is 998. The van der Waals surface area contributed by atoms with Crippen LogP contribution in [0.15, 0.2) is 60.9 Å². The van der Waals surface area contributed by atoms with E-state index < -0.39 is 0 Å². The molecule has 1 aromatic heterocycles. The molecule has 29 heavy (non-hydrogen) atoms. The average molecular weight is 409 g/mol. The molecule has 0 N–H and O–H groups in total. The monoisotopic (exact) mass is 408 g/mol. The van der Waals surface area contributed by atoms with E-state index in [1.54, 1.807) is 7.11 Å². The van der Waals surface area contributed by atoms with Gasteiger partial charge in [-0.3, -0.25) is 4.98 Å². The molecule has 0 saturated heterocycles. The van der Waals surface area contributed by atoms with Crippen LogP contribution in [0.5, 0.6) is 11.5 Å². The van der Waals surface area contributed by atoms with Gasteiger partial charge in [0.05, 0.1) is 13.2 Å². The molecular formula is C24H25ClN2O2. The van der Waals surface area contributed by atoms with E-state index in [4.69, 9.17) is 9.47 Å². The SMILES string of the molecule is COc1ccc(N2Cc3ccncc3C2C)cc1OC1Cc2ccccc2C1.Cl. The van der Waals surface area contributed by atoms with Crippen molar-refractivity contribution in [3.63, 3.8) is 0 Å². The molecule has 4 nitrogen and oxygen atoms in total. The Morgan fingerprint density at radius 3 is 2.41 bits per heavy atom. The standard InChI is InChI=1S/C24H24N2O2.ClH/c1-16-22-14-25-10-9-19(22)15-26(16)20-7-8-23(27-2)24(13-20)28-21-11-17-5-3-4-6-18(17)12-21;/h3-10,13-14,16,21H,11-12,15H2,1-2H3;1H. The van der Waals surface area contributed by atoms with Gasteiger partial charge >= 0.3 is 0 Å². The first kappa shape index (κ1) is 19.6. The zero-order valence-corrected chi connectivity index (χ0v) is 17.5. The molecule has 1 aliphatic carbocycles. The third-order valence-corrected chi connectivity index (χ3v) is 5.99. The predicted molar refractivity (Wildman–Crippen MR) is 117 cm³/mol. The van der Waals surface area contributed by atoms with Gasteiger partial charge in [-0.2, -0.15) is 0 Å². The van der Waals surface area contributed by atoms with Gasteiger partial charge in [0.2, 0.25) is 0 Å². The van der Waals surface area contributed by atoms with E-state index in [0.717, 1.165) is 36.6 Å². The van der Waals surface area contributed by atoms with Gasteiger partial charge in [0, 0.05) is 43.5 Å². The Hall–Kier alpha value is -2.72. The lowest BCUT2D eigenvalue weighted by molar-refractivity contribution is 0.204. The molecule has 0 fully saturated rings. The zero-order valence-electron chi connectivity index (χ0n) is 16.7. The molecule has 3 aromatic rings. The quantitative estimate of drug-likeness (QED) is 0.598. The smallest absolute Gasteiger partial charge is 0.163 e. The maximum absolute atomic E-state index is 6.43. The van der Waals surface area contributed by atoms with Crippen LogP contribution in [0, 0.1) is 0 Å². The fourth-order valence-electron chi connectivity index (χ4n) is 4.48. The van der Waals surface area contributed by atoms with E-state index in [-0.39, 0.29) is 18.5 Å². The van der Waals surface area contributed by atoms with Crippen LogP contribution in [0.3, 0.4) is 0 Å². The zero-order chi connectivity index (χ0) is 19.1. The third kappa shape index (κ3) is 3.53. The van der Waals surface area contributed by atoms with Crippen LogP contribution in [-0.4, -0.2) is 18.2 Å². The lowest BCUT2D eigenvalue weighted by Gasteiger charge is -2.26. The number of aromatic nitrogens is 1. The number of methoxy groups -OCH3 is 1. The topological polar surface area (TPSA) is 34.6 Å². The van der Waals surface area contributed by atoms with E-state index in [2.05, 4.69) is 59.3 Å². The summed E-state index contributed by atoms with van der Waals surface area (Å²) >= 11 is 0. The molecule has 5 rings (SSSR count). The Morgan fingerprint density at radius 2 is 1.72 bits per heavy atom. The largest absolute Gasteiger partial charge is 0.493 e. The first-order valence-electron chi connectivity index (χ1n) is 9.84. The van der Waals surface area contributed by atoms with Crippen molar-refractivity contribution >= 4 is 18.1 Å². The van der Waals surface area contributed by atoms with Crippen LogP contribution in [0.1, 0.15) is 35.2 Å². The minimum Gasteiger partial charge on any atom is -0.493 e. The van der Waals surface area contributed by atoms with Crippen molar-refractivity contribution < 1.29 is 9.47 Å². The lowest BCUT2D eigenvalue weighted by Crippen LogP contribution is -2.20. The maximum Gasteiger partial charge on any atom is 0.163 e. The van der Waals surface area contributed by atoms with Gasteiger partial charge < -0.3 is 14.4 Å². The molecule has 0 radical (unpaired) electrons. The summed E-state index contributed by atoms with van der Waals surface area (Å²) in [6, 6.07) is 17.3. The first-order valence-corrected chi connectivity index (χ1v) is 9.84. The summed E-state index contributed by atoms with van der Waals surface area (Å²) in [5.41, 5.74) is 6.56. The minimum absolute atomic E-state index is 0. The molecule has 150 valence electrons. The molecule has 0 spiro atoms. The van der Waals surface area contributed by atoms with Crippen LogP contribution < -0.4 is 14.4 Å². The first-order chi connectivity index (χ1) is 13.7. The summed E-state index contributed by atoms with van der Waals surface area (Å²) in [5.74, 6) is 1.60. The highest BCUT2D eigenvalue weighted by molar-refractivity contribution is 5.85. The van der Waals surface area contributed by atoms with E-state index >= 15 is 0 Å². The van der Waals surface area contributed by atoms with Crippen molar-refractivity contribution in [1.29, 1.82) is 0 Å². The molecule has 2 aromatic carbocycles. The summed E-state index contributed by atoms with van der Waals surface area (Å²) in [5, 5.41) is 0. The van der Waals surface area contributed by atoms with Crippen molar-refractivity contribution in [2.24, 2.45) is 0 Å². The molecule has 0 saturated carbocycles. The number of rotatable bonds is 4. The summed E-state index contributed by atoms with van der Waals surface area (Å²) in [6.07, 6.45) is 5.90. The highest BCUT2D eigenvalue weighted by atomic mass is 35.5. The number of pyridine rings is 1. The summed E-state index contributed by atoms with van der Waals surface area (Å²) in [4.78, 5) is 6.69. The Kier molecular flexibility index (Phi) is 5.37. The van der Waals surface area contributed by atoms with Gasteiger partial charge in [-0.25, -0.2) is 0 Å². The van der Waals surface area contributed by atoms with Crippen LogP contribution in [-0.2, 0) is 19.4 Å². The number of ether oxygens (including phenoxy) is 2. The van der Waals surface area contributed by atoms with E-state index in [0.29, 0.717) is 6.04 Å². The molecule has 1 atom stereocenters. The van der Waals surface area contributed by atoms with Crippen LogP contribution in [0.4, 0.5) is 5.69 Å². The average Bonchev–Trinajstić information content (AvgIpc) is 3.28. The van der Waals surface area contributed by atoms with Gasteiger partial charge in [-0.1, -0.05) is 24.3 Å². The Labute approximate surface area is 177 Å². The highest BCUT2D eigenvalue weighted by Crippen LogP contribution is 2.41. The van der Waals surface area contributed by atoms with Crippen LogP contribution >= 0.6 is 12.4 Å². The number of fused-ring (bicyclic) bond motifs is 2. The molecule has 1 unspecified atom stereocenters. The number of anilines is 1. The number of nitrogens with zero attached hydrogens (tertiary/aromatic N) is 2. The van der Waals surface area contributed by atoms with Gasteiger partial charge in [0.15, 0.2) is 11.5 Å². The van der Waals surface area contributed by atoms with Crippen LogP contribution in [0.2, 0.25) is 0 Å². The van der Waals surface area contributed by atoms with E-state index in [1.165, 1.54) is 22.3 Å². The fraction of sp³-hybridized carbons (Fsp3) is 0.292. The number of hydrogen-bond donors (Lipinski definition) is 0. The molecule has 2 heterocycles. The van der Waals surface area contributed by atoms with Gasteiger partial charge in [-0.15, -0.1) is 12.4 Å². The second kappa shape index (κ2) is 7.96. The maximum atomic E-state index is 6.43. The van der Waals surface area contributed by atoms with Crippen molar-refractivity contribution in [1.82, 2.24) is 4.98 Å². The molecule has 5 heteroatoms. The second-order valence-electron chi connectivity index (χ2n) is 7.63. The number of hydrogen-bond acceptors (Lipinski definition) is 4. The predicted octanol–water partition coefficient (Wildman–Crippen LogP) is 5.14. The normalized spacial score (nSPS) is 17.4. The van der Waals surface area contributed by atoms with E-state index in [1.807, 2.05) is 18.5 Å². The fourth-order valence-corrected chi connectivity index (χ4v) is 4.48. The number of halogens is 1. The van der Waals surface area contributed by atoms with Crippen molar-refractivity contribution in [3.05, 3.63) is 83.2 Å². The molecule has 1 aliphatic heterocycles. The number of benzene rings is 2. The van der Waals surface area contributed by atoms with Crippen molar-refractivity contribution in [3.8, 4) is 11.5 Å². The Balaban J connectivity index is 0.00000205. The second-order valence-corrected chi connectivity index (χ2v) is 7.63. The van der Waals surface area contributed by atoms with Gasteiger partial charge in [-0.05, 0) is 47.4 Å². The molecular weight excluding hydrogens is 384 g/mol. The van der Waals surface area contributed by atoms with Crippen LogP contribution in [0.25, 0.3) is 0 Å². The van der Waals surface area contributed by atoms with Gasteiger partial charge in [0.1, 0.15) is 6.10 Å². The summed E-state index contributed by atoms with van der Waals surface area (Å²) < 4.78 is 12.0. The van der Waals surface area contributed by atoms with Gasteiger partial charge in [0.25, 0.3) is 0 Å². The van der Waals surface area contributed by atoms with E-state index in [9.17, 15) is 0 Å². The summed E-state index contributed by atoms with van der Waals surface area (Å²) in [7, 11) is 1.70. The Morgan fingerprint density at radius 1 is 0.966 bits per heavy atom. The third-order valence-electron chi connectivity index (χ3n) is 5.99. The minimum atomic E-state index is 0. The highest BCUT2D eigenvalue weighted by Gasteiger charge is 2.28. The van der Waals surface area contributed by atoms with Crippen molar-refractivity contribution in [2.45, 2.75) is 38.5 Å². The van der Waals surface area contributed by atoms with Crippen molar-refractivity contribution in [2.75, 3.05) is 12.0 Å². The lowest BCUT2D eigenvalue weighted by atomic mass is 10.1. The summed E-state index contributed by atoms with van der Waals surface area (Å²) in [6.45, 7) is 3.12. The molecule has 0 bridgehead atoms.